The second kappa shape index (κ2) is 6.72. The van der Waals surface area contributed by atoms with Crippen LogP contribution in [0.5, 0.6) is 0 Å². The summed E-state index contributed by atoms with van der Waals surface area (Å²) >= 11 is 6.78. The van der Waals surface area contributed by atoms with E-state index in [0.29, 0.717) is 17.0 Å². The fourth-order valence-electron chi connectivity index (χ4n) is 1.91. The van der Waals surface area contributed by atoms with Crippen LogP contribution in [0.3, 0.4) is 0 Å². The van der Waals surface area contributed by atoms with Crippen molar-refractivity contribution in [3.05, 3.63) is 22.3 Å². The van der Waals surface area contributed by atoms with Gasteiger partial charge in [-0.2, -0.15) is 5.10 Å². The Morgan fingerprint density at radius 1 is 1.68 bits per heavy atom. The highest BCUT2D eigenvalue weighted by Gasteiger charge is 2.24. The number of aromatic amines is 1. The maximum atomic E-state index is 12.4. The number of aromatic nitrogens is 3. The largest absolute Gasteiger partial charge is 0.388 e. The Morgan fingerprint density at radius 3 is 3.00 bits per heavy atom. The molecule has 0 aliphatic carbocycles. The molecule has 0 saturated carbocycles. The van der Waals surface area contributed by atoms with Crippen LogP contribution in [0.4, 0.5) is 0 Å². The van der Waals surface area contributed by atoms with E-state index in [1.54, 1.807) is 18.4 Å². The third kappa shape index (κ3) is 3.63. The van der Waals surface area contributed by atoms with E-state index in [4.69, 9.17) is 12.2 Å². The molecule has 2 aromatic rings. The van der Waals surface area contributed by atoms with Crippen LogP contribution in [0.1, 0.15) is 33.2 Å². The van der Waals surface area contributed by atoms with Crippen LogP contribution in [-0.2, 0) is 4.79 Å². The lowest BCUT2D eigenvalue weighted by atomic mass is 10.0. The molecule has 2 aromatic heterocycles. The second-order valence-electron chi connectivity index (χ2n) is 5.44. The average Bonchev–Trinajstić information content (AvgIpc) is 3.13. The van der Waals surface area contributed by atoms with Gasteiger partial charge in [-0.15, -0.1) is 11.3 Å². The number of thiophene rings is 1. The van der Waals surface area contributed by atoms with E-state index in [1.807, 2.05) is 24.4 Å². The van der Waals surface area contributed by atoms with E-state index in [1.165, 1.54) is 11.3 Å². The molecule has 0 aliphatic heterocycles. The van der Waals surface area contributed by atoms with Crippen LogP contribution in [0.25, 0.3) is 10.7 Å². The van der Waals surface area contributed by atoms with Gasteiger partial charge in [0.2, 0.25) is 5.91 Å². The zero-order valence-electron chi connectivity index (χ0n) is 12.8. The first-order chi connectivity index (χ1) is 10.4. The van der Waals surface area contributed by atoms with Gasteiger partial charge in [0.15, 0.2) is 10.6 Å². The van der Waals surface area contributed by atoms with Gasteiger partial charge < -0.3 is 10.4 Å². The van der Waals surface area contributed by atoms with Gasteiger partial charge in [-0.05, 0) is 43.9 Å². The average molecular weight is 340 g/mol. The molecule has 0 fully saturated rings. The Hall–Kier alpha value is -1.51. The predicted molar refractivity (Wildman–Crippen MR) is 89.4 cm³/mol. The maximum Gasteiger partial charge on any atom is 0.243 e. The summed E-state index contributed by atoms with van der Waals surface area (Å²) in [4.78, 5) is 13.3. The third-order valence-electron chi connectivity index (χ3n) is 3.62. The lowest BCUT2D eigenvalue weighted by Crippen LogP contribution is -2.42. The number of amides is 1. The third-order valence-corrected chi connectivity index (χ3v) is 4.77. The Bertz CT molecular complexity index is 688. The van der Waals surface area contributed by atoms with Crippen molar-refractivity contribution in [1.29, 1.82) is 0 Å². The number of aliphatic hydroxyl groups is 1. The summed E-state index contributed by atoms with van der Waals surface area (Å²) in [7, 11) is 0. The molecule has 3 N–H and O–H groups in total. The van der Waals surface area contributed by atoms with Gasteiger partial charge in [0.1, 0.15) is 6.04 Å². The molecule has 2 rings (SSSR count). The number of nitrogens with one attached hydrogen (secondary N) is 2. The van der Waals surface area contributed by atoms with E-state index >= 15 is 0 Å². The topological polar surface area (TPSA) is 82.9 Å². The van der Waals surface area contributed by atoms with Crippen LogP contribution in [0, 0.1) is 4.77 Å². The normalized spacial score (nSPS) is 15.3. The van der Waals surface area contributed by atoms with Crippen LogP contribution in [0.2, 0.25) is 0 Å². The number of hydrogen-bond donors (Lipinski definition) is 3. The number of nitrogens with zero attached hydrogens (tertiary/aromatic N) is 2. The lowest BCUT2D eigenvalue weighted by molar-refractivity contribution is -0.125. The number of rotatable bonds is 6. The second-order valence-corrected chi connectivity index (χ2v) is 6.78. The van der Waals surface area contributed by atoms with Gasteiger partial charge >= 0.3 is 0 Å². The molecule has 6 nitrogen and oxygen atoms in total. The molecule has 120 valence electrons. The zero-order valence-corrected chi connectivity index (χ0v) is 14.4. The van der Waals surface area contributed by atoms with Crippen molar-refractivity contribution in [2.24, 2.45) is 0 Å². The number of H-pyrrole nitrogens is 1. The molecular formula is C14H20N4O2S2. The molecule has 2 unspecified atom stereocenters. The molecule has 22 heavy (non-hydrogen) atoms. The number of carbonyl (C=O) groups excluding carboxylic acids is 1. The summed E-state index contributed by atoms with van der Waals surface area (Å²) in [6.07, 6.45) is 0.563. The van der Waals surface area contributed by atoms with E-state index in [-0.39, 0.29) is 12.5 Å². The quantitative estimate of drug-likeness (QED) is 0.706. The van der Waals surface area contributed by atoms with Gasteiger partial charge in [0.05, 0.1) is 10.5 Å². The summed E-state index contributed by atoms with van der Waals surface area (Å²) in [5.74, 6) is 0.439. The molecule has 2 atom stereocenters. The highest BCUT2D eigenvalue weighted by Crippen LogP contribution is 2.25. The van der Waals surface area contributed by atoms with Gasteiger partial charge in [-0.3, -0.25) is 14.5 Å². The molecular weight excluding hydrogens is 320 g/mol. The summed E-state index contributed by atoms with van der Waals surface area (Å²) in [5.41, 5.74) is -0.913. The van der Waals surface area contributed by atoms with Crippen LogP contribution in [-0.4, -0.2) is 37.9 Å². The van der Waals surface area contributed by atoms with E-state index < -0.39 is 11.6 Å². The van der Waals surface area contributed by atoms with E-state index in [2.05, 4.69) is 15.5 Å². The molecule has 0 aromatic carbocycles. The van der Waals surface area contributed by atoms with Gasteiger partial charge in [0.25, 0.3) is 0 Å². The molecule has 0 radical (unpaired) electrons. The van der Waals surface area contributed by atoms with Crippen LogP contribution < -0.4 is 5.32 Å². The van der Waals surface area contributed by atoms with Crippen molar-refractivity contribution in [2.75, 3.05) is 6.54 Å². The van der Waals surface area contributed by atoms with E-state index in [9.17, 15) is 9.90 Å². The van der Waals surface area contributed by atoms with Crippen molar-refractivity contribution in [2.45, 2.75) is 38.8 Å². The highest BCUT2D eigenvalue weighted by atomic mass is 32.1. The first-order valence-corrected chi connectivity index (χ1v) is 8.35. The molecule has 0 bridgehead atoms. The summed E-state index contributed by atoms with van der Waals surface area (Å²) in [6.45, 7) is 5.53. The van der Waals surface area contributed by atoms with Gasteiger partial charge in [-0.25, -0.2) is 0 Å². The fourth-order valence-corrected chi connectivity index (χ4v) is 2.91. The van der Waals surface area contributed by atoms with Crippen molar-refractivity contribution in [3.8, 4) is 10.7 Å². The van der Waals surface area contributed by atoms with Crippen molar-refractivity contribution < 1.29 is 9.90 Å². The number of carbonyl (C=O) groups is 1. The Morgan fingerprint density at radius 2 is 2.41 bits per heavy atom. The fraction of sp³-hybridized carbons (Fsp3) is 0.500. The van der Waals surface area contributed by atoms with Crippen LogP contribution in [0.15, 0.2) is 17.5 Å². The minimum absolute atomic E-state index is 0.201. The first-order valence-electron chi connectivity index (χ1n) is 7.06. The van der Waals surface area contributed by atoms with Gasteiger partial charge in [0, 0.05) is 6.54 Å². The minimum atomic E-state index is -0.913. The monoisotopic (exact) mass is 340 g/mol. The lowest BCUT2D eigenvalue weighted by Gasteiger charge is -2.23. The Balaban J connectivity index is 2.20. The molecule has 1 amide bonds. The standard InChI is InChI=1S/C14H20N4O2S2/c1-4-14(3,20)8-15-12(19)9(2)18-11(16-17-13(18)21)10-6-5-7-22-10/h5-7,9,20H,4,8H2,1-3H3,(H,15,19)(H,17,21). The zero-order chi connectivity index (χ0) is 16.3. The van der Waals surface area contributed by atoms with Gasteiger partial charge in [-0.1, -0.05) is 13.0 Å². The van der Waals surface area contributed by atoms with Crippen molar-refractivity contribution >= 4 is 29.5 Å². The van der Waals surface area contributed by atoms with E-state index in [0.717, 1.165) is 4.88 Å². The Kier molecular flexibility index (Phi) is 5.15. The molecule has 8 heteroatoms. The van der Waals surface area contributed by atoms with Crippen molar-refractivity contribution in [1.82, 2.24) is 20.1 Å². The van der Waals surface area contributed by atoms with Crippen LogP contribution >= 0.6 is 23.6 Å². The molecule has 0 spiro atoms. The SMILES string of the molecule is CCC(C)(O)CNC(=O)C(C)n1c(-c2cccs2)n[nH]c1=S. The molecule has 2 heterocycles. The Labute approximate surface area is 138 Å². The predicted octanol–water partition coefficient (Wildman–Crippen LogP) is 2.51. The molecule has 0 aliphatic rings. The maximum absolute atomic E-state index is 12.4. The molecule has 0 saturated heterocycles. The highest BCUT2D eigenvalue weighted by molar-refractivity contribution is 7.71. The minimum Gasteiger partial charge on any atom is -0.388 e. The summed E-state index contributed by atoms with van der Waals surface area (Å²) in [6, 6.07) is 3.33. The number of hydrogen-bond acceptors (Lipinski definition) is 5. The summed E-state index contributed by atoms with van der Waals surface area (Å²) in [5, 5.41) is 21.6. The smallest absolute Gasteiger partial charge is 0.243 e. The van der Waals surface area contributed by atoms with Crippen molar-refractivity contribution in [3.63, 3.8) is 0 Å². The summed E-state index contributed by atoms with van der Waals surface area (Å²) < 4.78 is 2.09. The first kappa shape index (κ1) is 16.9.